The summed E-state index contributed by atoms with van der Waals surface area (Å²) < 4.78 is 6.95. The molecule has 102 valence electrons. The number of aliphatic hydroxyl groups is 1. The Kier molecular flexibility index (Phi) is 4.05. The van der Waals surface area contributed by atoms with Crippen LogP contribution in [-0.2, 0) is 13.2 Å². The molecule has 4 heteroatoms. The van der Waals surface area contributed by atoms with E-state index in [1.165, 1.54) is 0 Å². The number of fused-ring (bicyclic) bond motifs is 1. The molecule has 3 rings (SSSR count). The Balaban J connectivity index is 1.93. The molecule has 2 nitrogen and oxygen atoms in total. The minimum atomic E-state index is -0.0255. The maximum Gasteiger partial charge on any atom is 0.126 e. The fourth-order valence-electron chi connectivity index (χ4n) is 2.19. The molecule has 0 unspecified atom stereocenters. The first-order valence-corrected chi connectivity index (χ1v) is 7.93. The third-order valence-electron chi connectivity index (χ3n) is 3.21. The number of hydrogen-bond donors (Lipinski definition) is 1. The highest BCUT2D eigenvalue weighted by Crippen LogP contribution is 2.30. The van der Waals surface area contributed by atoms with E-state index in [9.17, 15) is 5.11 Å². The van der Waals surface area contributed by atoms with Crippen molar-refractivity contribution in [2.24, 2.45) is 0 Å². The maximum atomic E-state index is 9.64. The lowest BCUT2D eigenvalue weighted by Gasteiger charge is -2.12. The van der Waals surface area contributed by atoms with Crippen LogP contribution in [0, 0.1) is 0 Å². The van der Waals surface area contributed by atoms with E-state index >= 15 is 0 Å². The second kappa shape index (κ2) is 5.95. The first kappa shape index (κ1) is 13.6. The monoisotopic (exact) mass is 348 g/mol. The largest absolute Gasteiger partial charge is 0.488 e. The number of benzene rings is 2. The van der Waals surface area contributed by atoms with E-state index in [-0.39, 0.29) is 6.61 Å². The fourth-order valence-corrected chi connectivity index (χ4v) is 3.56. The quantitative estimate of drug-likeness (QED) is 0.738. The molecule has 0 atom stereocenters. The minimum absolute atomic E-state index is 0.0255. The lowest BCUT2D eigenvalue weighted by atomic mass is 10.0. The van der Waals surface area contributed by atoms with Crippen molar-refractivity contribution in [1.29, 1.82) is 0 Å². The average molecular weight is 349 g/mol. The van der Waals surface area contributed by atoms with Gasteiger partial charge in [-0.15, -0.1) is 11.3 Å². The zero-order chi connectivity index (χ0) is 13.9. The minimum Gasteiger partial charge on any atom is -0.488 e. The number of ether oxygens (including phenoxy) is 1. The highest BCUT2D eigenvalue weighted by Gasteiger charge is 2.09. The standard InChI is InChI=1S/C16H13BrO2S/c17-14-7-8-20-16(14)10-19-15-6-5-11-3-1-2-4-12(11)13(15)9-18/h1-8,18H,9-10H2. The number of halogens is 1. The molecular formula is C16H13BrO2S. The number of aliphatic hydroxyl groups excluding tert-OH is 1. The molecule has 0 aliphatic carbocycles. The van der Waals surface area contributed by atoms with Crippen LogP contribution in [0.5, 0.6) is 5.75 Å². The Hall–Kier alpha value is -1.36. The highest BCUT2D eigenvalue weighted by atomic mass is 79.9. The normalized spacial score (nSPS) is 10.9. The van der Waals surface area contributed by atoms with Crippen LogP contribution in [0.3, 0.4) is 0 Å². The van der Waals surface area contributed by atoms with Crippen LogP contribution in [0.2, 0.25) is 0 Å². The zero-order valence-electron chi connectivity index (χ0n) is 10.7. The van der Waals surface area contributed by atoms with Gasteiger partial charge in [-0.1, -0.05) is 30.3 Å². The number of thiophene rings is 1. The van der Waals surface area contributed by atoms with Gasteiger partial charge in [0, 0.05) is 10.0 Å². The molecule has 0 aliphatic heterocycles. The maximum absolute atomic E-state index is 9.64. The van der Waals surface area contributed by atoms with Crippen molar-refractivity contribution in [3.8, 4) is 5.75 Å². The van der Waals surface area contributed by atoms with E-state index < -0.39 is 0 Å². The lowest BCUT2D eigenvalue weighted by Crippen LogP contribution is -1.98. The summed E-state index contributed by atoms with van der Waals surface area (Å²) in [6, 6.07) is 14.0. The van der Waals surface area contributed by atoms with E-state index in [1.54, 1.807) is 11.3 Å². The van der Waals surface area contributed by atoms with Crippen LogP contribution < -0.4 is 4.74 Å². The van der Waals surface area contributed by atoms with Gasteiger partial charge < -0.3 is 9.84 Å². The summed E-state index contributed by atoms with van der Waals surface area (Å²) in [5.41, 5.74) is 0.843. The molecular weight excluding hydrogens is 336 g/mol. The molecule has 1 heterocycles. The smallest absolute Gasteiger partial charge is 0.126 e. The van der Waals surface area contributed by atoms with E-state index in [0.29, 0.717) is 6.61 Å². The first-order valence-electron chi connectivity index (χ1n) is 6.25. The number of rotatable bonds is 4. The van der Waals surface area contributed by atoms with Gasteiger partial charge in [-0.25, -0.2) is 0 Å². The van der Waals surface area contributed by atoms with Crippen LogP contribution in [0.25, 0.3) is 10.8 Å². The highest BCUT2D eigenvalue weighted by molar-refractivity contribution is 9.10. The summed E-state index contributed by atoms with van der Waals surface area (Å²) in [4.78, 5) is 1.14. The lowest BCUT2D eigenvalue weighted by molar-refractivity contribution is 0.261. The van der Waals surface area contributed by atoms with Crippen molar-refractivity contribution >= 4 is 38.0 Å². The Bertz CT molecular complexity index is 736. The third kappa shape index (κ3) is 2.59. The molecule has 1 aromatic heterocycles. The van der Waals surface area contributed by atoms with Crippen molar-refractivity contribution in [2.75, 3.05) is 0 Å². The second-order valence-electron chi connectivity index (χ2n) is 4.40. The van der Waals surface area contributed by atoms with Crippen molar-refractivity contribution < 1.29 is 9.84 Å². The Labute approximate surface area is 129 Å². The molecule has 0 aliphatic rings. The van der Waals surface area contributed by atoms with Gasteiger partial charge in [0.15, 0.2) is 0 Å². The summed E-state index contributed by atoms with van der Waals surface area (Å²) in [5.74, 6) is 0.742. The molecule has 20 heavy (non-hydrogen) atoms. The van der Waals surface area contributed by atoms with Crippen LogP contribution in [0.4, 0.5) is 0 Å². The van der Waals surface area contributed by atoms with Gasteiger partial charge in [-0.3, -0.25) is 0 Å². The summed E-state index contributed by atoms with van der Waals surface area (Å²) in [7, 11) is 0. The van der Waals surface area contributed by atoms with E-state index in [2.05, 4.69) is 15.9 Å². The second-order valence-corrected chi connectivity index (χ2v) is 6.26. The molecule has 0 radical (unpaired) electrons. The molecule has 0 saturated carbocycles. The topological polar surface area (TPSA) is 29.5 Å². The van der Waals surface area contributed by atoms with Crippen molar-refractivity contribution in [1.82, 2.24) is 0 Å². The van der Waals surface area contributed by atoms with Crippen LogP contribution in [-0.4, -0.2) is 5.11 Å². The molecule has 0 bridgehead atoms. The van der Waals surface area contributed by atoms with Crippen LogP contribution in [0.1, 0.15) is 10.4 Å². The molecule has 2 aromatic carbocycles. The van der Waals surface area contributed by atoms with Crippen LogP contribution in [0.15, 0.2) is 52.3 Å². The average Bonchev–Trinajstić information content (AvgIpc) is 2.89. The van der Waals surface area contributed by atoms with Crippen LogP contribution >= 0.6 is 27.3 Å². The fraction of sp³-hybridized carbons (Fsp3) is 0.125. The predicted octanol–water partition coefficient (Wildman–Crippen LogP) is 4.74. The van der Waals surface area contributed by atoms with E-state index in [4.69, 9.17) is 4.74 Å². The summed E-state index contributed by atoms with van der Waals surface area (Å²) in [6.45, 7) is 0.478. The van der Waals surface area contributed by atoms with Crippen molar-refractivity contribution in [3.05, 3.63) is 62.8 Å². The van der Waals surface area contributed by atoms with Gasteiger partial charge in [-0.2, -0.15) is 0 Å². The van der Waals surface area contributed by atoms with Crippen molar-refractivity contribution in [2.45, 2.75) is 13.2 Å². The van der Waals surface area contributed by atoms with Gasteiger partial charge in [0.25, 0.3) is 0 Å². The van der Waals surface area contributed by atoms with Gasteiger partial charge in [0.05, 0.1) is 11.5 Å². The molecule has 3 aromatic rings. The molecule has 1 N–H and O–H groups in total. The Morgan fingerprint density at radius 3 is 2.70 bits per heavy atom. The van der Waals surface area contributed by atoms with Gasteiger partial charge >= 0.3 is 0 Å². The van der Waals surface area contributed by atoms with E-state index in [0.717, 1.165) is 31.4 Å². The Morgan fingerprint density at radius 2 is 1.95 bits per heavy atom. The summed E-state index contributed by atoms with van der Waals surface area (Å²) in [6.07, 6.45) is 0. The van der Waals surface area contributed by atoms with E-state index in [1.807, 2.05) is 47.8 Å². The van der Waals surface area contributed by atoms with Gasteiger partial charge in [-0.05, 0) is 44.2 Å². The van der Waals surface area contributed by atoms with Gasteiger partial charge in [0.1, 0.15) is 12.4 Å². The predicted molar refractivity (Wildman–Crippen MR) is 86.2 cm³/mol. The first-order chi connectivity index (χ1) is 9.79. The zero-order valence-corrected chi connectivity index (χ0v) is 13.1. The molecule has 0 fully saturated rings. The molecule has 0 spiro atoms. The Morgan fingerprint density at radius 1 is 1.10 bits per heavy atom. The summed E-state index contributed by atoms with van der Waals surface area (Å²) in [5, 5.41) is 13.8. The SMILES string of the molecule is OCc1c(OCc2sccc2Br)ccc2ccccc12. The molecule has 0 saturated heterocycles. The van der Waals surface area contributed by atoms with Gasteiger partial charge in [0.2, 0.25) is 0 Å². The molecule has 0 amide bonds. The van der Waals surface area contributed by atoms with Crippen molar-refractivity contribution in [3.63, 3.8) is 0 Å². The number of hydrogen-bond acceptors (Lipinski definition) is 3. The summed E-state index contributed by atoms with van der Waals surface area (Å²) >= 11 is 5.15. The third-order valence-corrected chi connectivity index (χ3v) is 5.11.